The van der Waals surface area contributed by atoms with E-state index in [1.54, 1.807) is 6.07 Å². The van der Waals surface area contributed by atoms with Crippen LogP contribution in [0.5, 0.6) is 5.75 Å². The van der Waals surface area contributed by atoms with E-state index in [9.17, 15) is 9.90 Å². The zero-order valence-corrected chi connectivity index (χ0v) is 20.7. The summed E-state index contributed by atoms with van der Waals surface area (Å²) in [5.74, 6) is 0.408. The molecule has 35 heavy (non-hydrogen) atoms. The Bertz CT molecular complexity index is 996. The number of phenolic OH excluding ortho intramolecular Hbond substituents is 1. The first-order valence-electron chi connectivity index (χ1n) is 12.9. The van der Waals surface area contributed by atoms with Gasteiger partial charge in [0.05, 0.1) is 6.54 Å². The highest BCUT2D eigenvalue weighted by Gasteiger charge is 2.44. The van der Waals surface area contributed by atoms with Gasteiger partial charge in [-0.05, 0) is 79.3 Å². The molecule has 2 fully saturated rings. The van der Waals surface area contributed by atoms with Gasteiger partial charge in [0.15, 0.2) is 0 Å². The normalized spacial score (nSPS) is 18.1. The highest BCUT2D eigenvalue weighted by atomic mass is 16.3. The van der Waals surface area contributed by atoms with Crippen LogP contribution < -0.4 is 4.90 Å². The van der Waals surface area contributed by atoms with Crippen molar-refractivity contribution in [1.82, 2.24) is 4.90 Å². The van der Waals surface area contributed by atoms with Gasteiger partial charge < -0.3 is 14.8 Å². The van der Waals surface area contributed by atoms with E-state index >= 15 is 0 Å². The van der Waals surface area contributed by atoms with Gasteiger partial charge in [0.2, 0.25) is 0 Å². The van der Waals surface area contributed by atoms with Crippen molar-refractivity contribution in [3.8, 4) is 5.75 Å². The van der Waals surface area contributed by atoms with Crippen LogP contribution in [0.4, 0.5) is 5.69 Å². The minimum atomic E-state index is 0.408. The lowest BCUT2D eigenvalue weighted by atomic mass is 9.72. The van der Waals surface area contributed by atoms with Gasteiger partial charge >= 0.3 is 0 Å². The molecule has 0 atom stereocenters. The average Bonchev–Trinajstić information content (AvgIpc) is 2.90. The molecule has 0 saturated carbocycles. The predicted molar refractivity (Wildman–Crippen MR) is 144 cm³/mol. The van der Waals surface area contributed by atoms with Gasteiger partial charge in [-0.1, -0.05) is 60.7 Å². The molecule has 2 aliphatic heterocycles. The number of rotatable bonds is 3. The van der Waals surface area contributed by atoms with Crippen LogP contribution in [0.15, 0.2) is 84.9 Å². The minimum Gasteiger partial charge on any atom is -0.508 e. The second-order valence-corrected chi connectivity index (χ2v) is 9.97. The largest absolute Gasteiger partial charge is 0.508 e. The zero-order valence-electron chi connectivity index (χ0n) is 20.7. The van der Waals surface area contributed by atoms with E-state index in [1.165, 1.54) is 48.9 Å². The van der Waals surface area contributed by atoms with Crippen LogP contribution in [0.2, 0.25) is 0 Å². The molecule has 0 bridgehead atoms. The number of likely N-dealkylation sites (tertiary alicyclic amines) is 1. The third-order valence-electron chi connectivity index (χ3n) is 7.39. The fourth-order valence-electron chi connectivity index (χ4n) is 5.44. The molecule has 1 N–H and O–H groups in total. The standard InChI is InChI=1S/C15H20N2O.C10H12O.C6H6/c18-11-10-16-12-15(13-16)6-8-17(9-7-15)14-4-2-1-3-5-14;11-10-6-5-8-3-1-2-4-9(8)7-10;1-2-4-6-5-3-1/h1-5,11H,6-10,12-13H2;5-7,11H,1-4H2;1-6H. The zero-order chi connectivity index (χ0) is 24.3. The van der Waals surface area contributed by atoms with Crippen molar-refractivity contribution in [3.63, 3.8) is 0 Å². The molecule has 3 aromatic rings. The average molecular weight is 471 g/mol. The van der Waals surface area contributed by atoms with E-state index < -0.39 is 0 Å². The molecule has 184 valence electrons. The van der Waals surface area contributed by atoms with Crippen LogP contribution >= 0.6 is 0 Å². The van der Waals surface area contributed by atoms with E-state index in [1.807, 2.05) is 48.5 Å². The van der Waals surface area contributed by atoms with Crippen LogP contribution in [0.25, 0.3) is 0 Å². The van der Waals surface area contributed by atoms with Crippen molar-refractivity contribution in [2.75, 3.05) is 37.6 Å². The molecule has 2 saturated heterocycles. The van der Waals surface area contributed by atoms with Crippen molar-refractivity contribution in [2.45, 2.75) is 38.5 Å². The lowest BCUT2D eigenvalue weighted by Crippen LogP contribution is -2.60. The predicted octanol–water partition coefficient (Wildman–Crippen LogP) is 5.75. The molecular formula is C31H38N2O2. The summed E-state index contributed by atoms with van der Waals surface area (Å²) in [6.45, 7) is 5.16. The summed E-state index contributed by atoms with van der Waals surface area (Å²) in [4.78, 5) is 15.2. The van der Waals surface area contributed by atoms with Crippen molar-refractivity contribution in [2.24, 2.45) is 5.41 Å². The number of aryl methyl sites for hydroxylation is 2. The van der Waals surface area contributed by atoms with Crippen molar-refractivity contribution >= 4 is 12.0 Å². The van der Waals surface area contributed by atoms with E-state index in [2.05, 4.69) is 40.1 Å². The molecule has 4 nitrogen and oxygen atoms in total. The molecule has 4 heteroatoms. The summed E-state index contributed by atoms with van der Waals surface area (Å²) in [6, 6.07) is 28.4. The molecule has 0 aromatic heterocycles. The topological polar surface area (TPSA) is 43.8 Å². The molecule has 1 aliphatic carbocycles. The number of hydrogen-bond donors (Lipinski definition) is 1. The number of carbonyl (C=O) groups excluding carboxylic acids is 1. The first kappa shape index (κ1) is 25.0. The number of piperidine rings is 1. The number of benzene rings is 3. The highest BCUT2D eigenvalue weighted by molar-refractivity contribution is 5.52. The summed E-state index contributed by atoms with van der Waals surface area (Å²) in [5.41, 5.74) is 4.62. The smallest absolute Gasteiger partial charge is 0.133 e. The second kappa shape index (κ2) is 12.6. The molecule has 1 spiro atoms. The van der Waals surface area contributed by atoms with Gasteiger partial charge in [0, 0.05) is 31.9 Å². The van der Waals surface area contributed by atoms with Gasteiger partial charge in [-0.3, -0.25) is 4.90 Å². The Morgan fingerprint density at radius 1 is 0.771 bits per heavy atom. The molecule has 0 amide bonds. The third-order valence-corrected chi connectivity index (χ3v) is 7.39. The van der Waals surface area contributed by atoms with E-state index in [0.717, 1.165) is 38.9 Å². The molecule has 3 aliphatic rings. The van der Waals surface area contributed by atoms with Crippen molar-refractivity contribution in [3.05, 3.63) is 96.1 Å². The maximum absolute atomic E-state index is 10.5. The van der Waals surface area contributed by atoms with Gasteiger partial charge in [-0.15, -0.1) is 0 Å². The number of anilines is 1. The highest BCUT2D eigenvalue weighted by Crippen LogP contribution is 2.40. The lowest BCUT2D eigenvalue weighted by molar-refractivity contribution is -0.112. The number of fused-ring (bicyclic) bond motifs is 1. The monoisotopic (exact) mass is 470 g/mol. The number of carbonyl (C=O) groups is 1. The first-order chi connectivity index (χ1) is 17.2. The van der Waals surface area contributed by atoms with Gasteiger partial charge in [-0.2, -0.15) is 0 Å². The lowest BCUT2D eigenvalue weighted by Gasteiger charge is -2.54. The Kier molecular flexibility index (Phi) is 8.96. The quantitative estimate of drug-likeness (QED) is 0.496. The Hall–Kier alpha value is -3.11. The van der Waals surface area contributed by atoms with Crippen LogP contribution in [-0.4, -0.2) is 49.0 Å². The molecule has 0 radical (unpaired) electrons. The Morgan fingerprint density at radius 3 is 1.94 bits per heavy atom. The molecule has 3 aromatic carbocycles. The Balaban J connectivity index is 0.000000143. The second-order valence-electron chi connectivity index (χ2n) is 9.97. The third kappa shape index (κ3) is 7.19. The van der Waals surface area contributed by atoms with Crippen LogP contribution in [-0.2, 0) is 17.6 Å². The SMILES string of the molecule is O=CCN1CC2(CCN(c3ccccc3)CC2)C1.Oc1ccc2c(c1)CCCC2.c1ccccc1. The Morgan fingerprint density at radius 2 is 1.34 bits per heavy atom. The van der Waals surface area contributed by atoms with Crippen LogP contribution in [0.3, 0.4) is 0 Å². The summed E-state index contributed by atoms with van der Waals surface area (Å²) in [5, 5.41) is 9.19. The number of phenols is 1. The van der Waals surface area contributed by atoms with Crippen molar-refractivity contribution in [1.29, 1.82) is 0 Å². The van der Waals surface area contributed by atoms with Gasteiger partial charge in [0.1, 0.15) is 12.0 Å². The minimum absolute atomic E-state index is 0.408. The van der Waals surface area contributed by atoms with Crippen LogP contribution in [0.1, 0.15) is 36.8 Å². The first-order valence-corrected chi connectivity index (χ1v) is 12.9. The fourth-order valence-corrected chi connectivity index (χ4v) is 5.44. The number of aromatic hydroxyl groups is 1. The number of hydrogen-bond acceptors (Lipinski definition) is 4. The van der Waals surface area contributed by atoms with Gasteiger partial charge in [0.25, 0.3) is 0 Å². The maximum Gasteiger partial charge on any atom is 0.133 e. The van der Waals surface area contributed by atoms with Crippen LogP contribution in [0, 0.1) is 5.41 Å². The molecule has 2 heterocycles. The van der Waals surface area contributed by atoms with Crippen molar-refractivity contribution < 1.29 is 9.90 Å². The summed E-state index contributed by atoms with van der Waals surface area (Å²) < 4.78 is 0. The summed E-state index contributed by atoms with van der Waals surface area (Å²) in [7, 11) is 0. The summed E-state index contributed by atoms with van der Waals surface area (Å²) in [6.07, 6.45) is 8.45. The maximum atomic E-state index is 10.5. The van der Waals surface area contributed by atoms with E-state index in [-0.39, 0.29) is 0 Å². The molecule has 6 rings (SSSR count). The molecule has 0 unspecified atom stereocenters. The number of aldehydes is 1. The number of para-hydroxylation sites is 1. The van der Waals surface area contributed by atoms with E-state index in [0.29, 0.717) is 17.7 Å². The molecular weight excluding hydrogens is 432 g/mol. The van der Waals surface area contributed by atoms with Gasteiger partial charge in [-0.25, -0.2) is 0 Å². The fraction of sp³-hybridized carbons (Fsp3) is 0.387. The summed E-state index contributed by atoms with van der Waals surface area (Å²) >= 11 is 0. The number of nitrogens with zero attached hydrogens (tertiary/aromatic N) is 2. The van der Waals surface area contributed by atoms with E-state index in [4.69, 9.17) is 0 Å². The Labute approximate surface area is 210 Å².